The summed E-state index contributed by atoms with van der Waals surface area (Å²) in [4.78, 5) is 26.3. The van der Waals surface area contributed by atoms with Crippen molar-refractivity contribution in [2.75, 3.05) is 13.1 Å². The molecule has 3 N–H and O–H groups in total. The number of carbonyl (C=O) groups excluding carboxylic acids is 1. The Kier molecular flexibility index (Phi) is 4.74. The maximum Gasteiger partial charge on any atom is 0.321 e. The van der Waals surface area contributed by atoms with Crippen molar-refractivity contribution in [3.05, 3.63) is 42.0 Å². The van der Waals surface area contributed by atoms with Gasteiger partial charge in [-0.2, -0.15) is 0 Å². The van der Waals surface area contributed by atoms with Gasteiger partial charge in [0.1, 0.15) is 11.8 Å². The van der Waals surface area contributed by atoms with Crippen molar-refractivity contribution >= 4 is 22.6 Å². The average molecular weight is 368 g/mol. The lowest BCUT2D eigenvalue weighted by Gasteiger charge is -2.31. The monoisotopic (exact) mass is 368 g/mol. The number of hydrogen-bond acceptors (Lipinski definition) is 4. The van der Waals surface area contributed by atoms with Gasteiger partial charge in [0.25, 0.3) is 5.91 Å². The van der Waals surface area contributed by atoms with Crippen molar-refractivity contribution in [2.24, 2.45) is 5.92 Å². The van der Waals surface area contributed by atoms with Crippen LogP contribution in [-0.2, 0) is 4.79 Å². The molecule has 0 bridgehead atoms. The first-order valence-corrected chi connectivity index (χ1v) is 9.51. The third-order valence-corrected chi connectivity index (χ3v) is 5.89. The number of fused-ring (bicyclic) bond motifs is 1. The second-order valence-electron chi connectivity index (χ2n) is 7.69. The number of likely N-dealkylation sites (tertiary alicyclic amines) is 1. The number of aliphatic carboxylic acids is 1. The standard InChI is InChI=1S/C21H24N2O4/c24-19-16-7-2-1-6-14(16)8-9-17(19)20(25)22-15-10-18(21(26)27)23(12-15)11-13-4-3-5-13/h1-2,6-9,13,15,18,24H,3-5,10-12H2,(H,22,25)(H,26,27)/t15-,18-/m0/s1. The number of carboxylic acids is 1. The molecule has 6 nitrogen and oxygen atoms in total. The van der Waals surface area contributed by atoms with Crippen LogP contribution >= 0.6 is 0 Å². The Balaban J connectivity index is 1.47. The molecule has 142 valence electrons. The molecule has 1 heterocycles. The van der Waals surface area contributed by atoms with Crippen LogP contribution in [-0.4, -0.2) is 52.2 Å². The summed E-state index contributed by atoms with van der Waals surface area (Å²) in [6.45, 7) is 1.32. The maximum absolute atomic E-state index is 12.7. The molecule has 1 saturated heterocycles. The number of phenolic OH excluding ortho intramolecular Hbond substituents is 1. The fraction of sp³-hybridized carbons (Fsp3) is 0.429. The minimum atomic E-state index is -0.834. The summed E-state index contributed by atoms with van der Waals surface area (Å²) in [5.74, 6) is -0.659. The molecule has 1 saturated carbocycles. The van der Waals surface area contributed by atoms with E-state index in [2.05, 4.69) is 5.32 Å². The first-order chi connectivity index (χ1) is 13.0. The van der Waals surface area contributed by atoms with E-state index in [0.717, 1.165) is 24.8 Å². The molecule has 2 aromatic carbocycles. The van der Waals surface area contributed by atoms with Crippen LogP contribution in [0, 0.1) is 5.92 Å². The molecule has 2 fully saturated rings. The van der Waals surface area contributed by atoms with Gasteiger partial charge in [0.15, 0.2) is 0 Å². The van der Waals surface area contributed by atoms with Crippen LogP contribution in [0.5, 0.6) is 5.75 Å². The number of carbonyl (C=O) groups is 2. The summed E-state index contributed by atoms with van der Waals surface area (Å²) >= 11 is 0. The highest BCUT2D eigenvalue weighted by Gasteiger charge is 2.39. The summed E-state index contributed by atoms with van der Waals surface area (Å²) in [7, 11) is 0. The van der Waals surface area contributed by atoms with Gasteiger partial charge in [-0.3, -0.25) is 14.5 Å². The van der Waals surface area contributed by atoms with Gasteiger partial charge in [0, 0.05) is 24.5 Å². The molecule has 1 aliphatic heterocycles. The van der Waals surface area contributed by atoms with E-state index >= 15 is 0 Å². The predicted octanol–water partition coefficient (Wildman–Crippen LogP) is 2.60. The topological polar surface area (TPSA) is 89.9 Å². The lowest BCUT2D eigenvalue weighted by molar-refractivity contribution is -0.142. The third-order valence-electron chi connectivity index (χ3n) is 5.89. The average Bonchev–Trinajstić information content (AvgIpc) is 3.01. The number of carboxylic acid groups (broad SMARTS) is 1. The summed E-state index contributed by atoms with van der Waals surface area (Å²) in [6.07, 6.45) is 3.93. The van der Waals surface area contributed by atoms with E-state index in [0.29, 0.717) is 24.3 Å². The van der Waals surface area contributed by atoms with E-state index in [4.69, 9.17) is 0 Å². The number of aromatic hydroxyl groups is 1. The van der Waals surface area contributed by atoms with E-state index in [1.165, 1.54) is 6.42 Å². The number of rotatable bonds is 5. The second-order valence-corrected chi connectivity index (χ2v) is 7.69. The molecule has 0 unspecified atom stereocenters. The van der Waals surface area contributed by atoms with E-state index in [-0.39, 0.29) is 23.3 Å². The van der Waals surface area contributed by atoms with E-state index < -0.39 is 12.0 Å². The van der Waals surface area contributed by atoms with Gasteiger partial charge in [-0.25, -0.2) is 0 Å². The number of benzene rings is 2. The van der Waals surface area contributed by atoms with Crippen LogP contribution in [0.3, 0.4) is 0 Å². The van der Waals surface area contributed by atoms with Gasteiger partial charge in [-0.05, 0) is 36.6 Å². The van der Waals surface area contributed by atoms with Crippen molar-refractivity contribution in [3.63, 3.8) is 0 Å². The molecule has 6 heteroatoms. The molecule has 1 aliphatic carbocycles. The second kappa shape index (κ2) is 7.19. The first kappa shape index (κ1) is 17.8. The number of nitrogens with zero attached hydrogens (tertiary/aromatic N) is 1. The molecule has 2 atom stereocenters. The zero-order chi connectivity index (χ0) is 19.0. The highest BCUT2D eigenvalue weighted by molar-refractivity contribution is 6.03. The largest absolute Gasteiger partial charge is 0.506 e. The van der Waals surface area contributed by atoms with Crippen molar-refractivity contribution in [1.29, 1.82) is 0 Å². The van der Waals surface area contributed by atoms with Crippen molar-refractivity contribution in [1.82, 2.24) is 10.2 Å². The van der Waals surface area contributed by atoms with Gasteiger partial charge >= 0.3 is 5.97 Å². The minimum Gasteiger partial charge on any atom is -0.506 e. The Morgan fingerprint density at radius 3 is 2.63 bits per heavy atom. The van der Waals surface area contributed by atoms with E-state index in [9.17, 15) is 19.8 Å². The lowest BCUT2D eigenvalue weighted by atomic mass is 9.85. The molecule has 0 aromatic heterocycles. The van der Waals surface area contributed by atoms with Gasteiger partial charge in [0.2, 0.25) is 0 Å². The minimum absolute atomic E-state index is 0.0373. The predicted molar refractivity (Wildman–Crippen MR) is 102 cm³/mol. The Morgan fingerprint density at radius 2 is 1.93 bits per heavy atom. The third kappa shape index (κ3) is 3.49. The summed E-state index contributed by atoms with van der Waals surface area (Å²) in [5, 5.41) is 24.4. The van der Waals surface area contributed by atoms with Gasteiger partial charge < -0.3 is 15.5 Å². The van der Waals surface area contributed by atoms with E-state index in [1.54, 1.807) is 12.1 Å². The maximum atomic E-state index is 12.7. The van der Waals surface area contributed by atoms with Crippen LogP contribution in [0.1, 0.15) is 36.0 Å². The number of phenols is 1. The molecule has 27 heavy (non-hydrogen) atoms. The first-order valence-electron chi connectivity index (χ1n) is 9.51. The molecular formula is C21H24N2O4. The van der Waals surface area contributed by atoms with E-state index in [1.807, 2.05) is 29.2 Å². The van der Waals surface area contributed by atoms with Crippen molar-refractivity contribution in [3.8, 4) is 5.75 Å². The van der Waals surface area contributed by atoms with Gasteiger partial charge in [-0.15, -0.1) is 0 Å². The Bertz CT molecular complexity index is 878. The molecule has 2 aliphatic rings. The molecule has 0 spiro atoms. The van der Waals surface area contributed by atoms with Crippen molar-refractivity contribution in [2.45, 2.75) is 37.8 Å². The summed E-state index contributed by atoms with van der Waals surface area (Å²) in [6, 6.07) is 9.98. The zero-order valence-electron chi connectivity index (χ0n) is 15.1. The fourth-order valence-electron chi connectivity index (χ4n) is 4.18. The van der Waals surface area contributed by atoms with Gasteiger partial charge in [0.05, 0.1) is 5.56 Å². The van der Waals surface area contributed by atoms with Crippen LogP contribution in [0.4, 0.5) is 0 Å². The Hall–Kier alpha value is -2.60. The summed E-state index contributed by atoms with van der Waals surface area (Å²) in [5.41, 5.74) is 0.220. The SMILES string of the molecule is O=C(N[C@H]1C[C@@H](C(=O)O)N(CC2CCC2)C1)c1ccc2ccccc2c1O. The van der Waals surface area contributed by atoms with Crippen molar-refractivity contribution < 1.29 is 19.8 Å². The molecule has 4 rings (SSSR count). The fourth-order valence-corrected chi connectivity index (χ4v) is 4.18. The quantitative estimate of drug-likeness (QED) is 0.755. The molecule has 0 radical (unpaired) electrons. The number of nitrogens with one attached hydrogen (secondary N) is 1. The van der Waals surface area contributed by atoms with Crippen LogP contribution < -0.4 is 5.32 Å². The summed E-state index contributed by atoms with van der Waals surface area (Å²) < 4.78 is 0. The number of hydrogen-bond donors (Lipinski definition) is 3. The van der Waals surface area contributed by atoms with Crippen LogP contribution in [0.15, 0.2) is 36.4 Å². The van der Waals surface area contributed by atoms with Crippen LogP contribution in [0.2, 0.25) is 0 Å². The Morgan fingerprint density at radius 1 is 1.15 bits per heavy atom. The van der Waals surface area contributed by atoms with Crippen LogP contribution in [0.25, 0.3) is 10.8 Å². The van der Waals surface area contributed by atoms with Gasteiger partial charge in [-0.1, -0.05) is 36.8 Å². The lowest BCUT2D eigenvalue weighted by Crippen LogP contribution is -2.41. The Labute approximate surface area is 157 Å². The molecule has 1 amide bonds. The number of amides is 1. The normalized spacial score (nSPS) is 23.3. The smallest absolute Gasteiger partial charge is 0.321 e. The highest BCUT2D eigenvalue weighted by atomic mass is 16.4. The highest BCUT2D eigenvalue weighted by Crippen LogP contribution is 2.31. The molecule has 2 aromatic rings. The molecular weight excluding hydrogens is 344 g/mol. The zero-order valence-corrected chi connectivity index (χ0v) is 15.1.